The number of benzene rings is 1. The molecule has 34 heavy (non-hydrogen) atoms. The summed E-state index contributed by atoms with van der Waals surface area (Å²) in [7, 11) is 3.22. The highest BCUT2D eigenvalue weighted by molar-refractivity contribution is 5.80. The van der Waals surface area contributed by atoms with Crippen LogP contribution in [0.2, 0.25) is 0 Å². The lowest BCUT2D eigenvalue weighted by Crippen LogP contribution is -2.57. The first-order valence-corrected chi connectivity index (χ1v) is 11.8. The molecule has 0 amide bonds. The van der Waals surface area contributed by atoms with Crippen LogP contribution in [0.5, 0.6) is 0 Å². The van der Waals surface area contributed by atoms with Crippen molar-refractivity contribution in [3.63, 3.8) is 0 Å². The second-order valence-electron chi connectivity index (χ2n) is 8.83. The average molecular weight is 479 g/mol. The lowest BCUT2D eigenvalue weighted by atomic mass is 9.84. The van der Waals surface area contributed by atoms with Crippen molar-refractivity contribution in [3.05, 3.63) is 40.1 Å². The molecular weight excluding hydrogens is 440 g/mol. The van der Waals surface area contributed by atoms with Crippen LogP contribution in [-0.2, 0) is 23.8 Å². The van der Waals surface area contributed by atoms with Gasteiger partial charge >= 0.3 is 6.16 Å². The number of piperidine rings is 1. The molecule has 0 bridgehead atoms. The van der Waals surface area contributed by atoms with E-state index in [2.05, 4.69) is 12.1 Å². The Labute approximate surface area is 202 Å². The number of aryl methyl sites for hydroxylation is 3. The third kappa shape index (κ3) is 5.30. The number of hydrogen-bond acceptors (Lipinski definition) is 9. The maximum absolute atomic E-state index is 12.6. The maximum atomic E-state index is 12.6. The van der Waals surface area contributed by atoms with Gasteiger partial charge in [0, 0.05) is 32.3 Å². The van der Waals surface area contributed by atoms with Crippen molar-refractivity contribution in [2.45, 2.75) is 52.3 Å². The van der Waals surface area contributed by atoms with Gasteiger partial charge in [-0.1, -0.05) is 17.7 Å². The Kier molecular flexibility index (Phi) is 9.08. The third-order valence-corrected chi connectivity index (χ3v) is 6.65. The normalized spacial score (nSPS) is 20.9. The largest absolute Gasteiger partial charge is 0.513 e. The van der Waals surface area contributed by atoms with Gasteiger partial charge in [-0.15, -0.1) is 0 Å². The molecule has 2 aliphatic heterocycles. The fourth-order valence-corrected chi connectivity index (χ4v) is 5.31. The number of ether oxygens (including phenoxy) is 4. The van der Waals surface area contributed by atoms with Gasteiger partial charge in [0.15, 0.2) is 0 Å². The highest BCUT2D eigenvalue weighted by Gasteiger charge is 2.55. The molecule has 0 saturated carbocycles. The SMILES string of the molecule is CCOC(=O)OC1=C(c2c(C)cc(C)cc2C)C(O)N(CCOCOC)C12CCN(OC)CC2. The van der Waals surface area contributed by atoms with E-state index < -0.39 is 17.9 Å². The summed E-state index contributed by atoms with van der Waals surface area (Å²) in [5.74, 6) is 0.455. The van der Waals surface area contributed by atoms with Gasteiger partial charge < -0.3 is 28.9 Å². The number of nitrogens with zero attached hydrogens (tertiary/aromatic N) is 2. The summed E-state index contributed by atoms with van der Waals surface area (Å²) < 4.78 is 21.7. The molecule has 1 aromatic rings. The smallest absolute Gasteiger partial charge is 0.434 e. The summed E-state index contributed by atoms with van der Waals surface area (Å²) in [6.07, 6.45) is -0.546. The number of carbonyl (C=O) groups is 1. The minimum absolute atomic E-state index is 0.164. The van der Waals surface area contributed by atoms with Gasteiger partial charge in [0.2, 0.25) is 0 Å². The van der Waals surface area contributed by atoms with Crippen LogP contribution in [-0.4, -0.2) is 86.9 Å². The Bertz CT molecular complexity index is 870. The Morgan fingerprint density at radius 3 is 2.35 bits per heavy atom. The van der Waals surface area contributed by atoms with E-state index in [-0.39, 0.29) is 13.4 Å². The van der Waals surface area contributed by atoms with E-state index in [1.165, 1.54) is 0 Å². The van der Waals surface area contributed by atoms with Gasteiger partial charge in [-0.25, -0.2) is 4.79 Å². The summed E-state index contributed by atoms with van der Waals surface area (Å²) in [6.45, 7) is 10.2. The van der Waals surface area contributed by atoms with Crippen LogP contribution in [0.25, 0.3) is 5.57 Å². The molecule has 190 valence electrons. The molecule has 2 heterocycles. The Hall–Kier alpha value is -2.01. The van der Waals surface area contributed by atoms with E-state index in [1.807, 2.05) is 30.7 Å². The van der Waals surface area contributed by atoms with Crippen LogP contribution in [0.4, 0.5) is 4.79 Å². The summed E-state index contributed by atoms with van der Waals surface area (Å²) in [5.41, 5.74) is 3.95. The van der Waals surface area contributed by atoms with E-state index in [0.29, 0.717) is 50.4 Å². The van der Waals surface area contributed by atoms with E-state index in [1.54, 1.807) is 21.1 Å². The fraction of sp³-hybridized carbons (Fsp3) is 0.640. The monoisotopic (exact) mass is 478 g/mol. The lowest BCUT2D eigenvalue weighted by Gasteiger charge is -2.45. The maximum Gasteiger partial charge on any atom is 0.513 e. The van der Waals surface area contributed by atoms with Crippen LogP contribution >= 0.6 is 0 Å². The molecule has 0 aliphatic carbocycles. The first-order valence-electron chi connectivity index (χ1n) is 11.8. The minimum atomic E-state index is -0.982. The summed E-state index contributed by atoms with van der Waals surface area (Å²) in [5, 5.41) is 13.6. The number of carbonyl (C=O) groups excluding carboxylic acids is 1. The van der Waals surface area contributed by atoms with Crippen molar-refractivity contribution in [1.82, 2.24) is 9.96 Å². The highest BCUT2D eigenvalue weighted by atomic mass is 16.7. The average Bonchev–Trinajstić information content (AvgIpc) is 2.99. The topological polar surface area (TPSA) is 89.9 Å². The lowest BCUT2D eigenvalue weighted by molar-refractivity contribution is -0.168. The quantitative estimate of drug-likeness (QED) is 0.327. The summed E-state index contributed by atoms with van der Waals surface area (Å²) in [6, 6.07) is 4.16. The van der Waals surface area contributed by atoms with Gasteiger partial charge in [0.1, 0.15) is 18.8 Å². The van der Waals surface area contributed by atoms with Gasteiger partial charge in [0.05, 0.1) is 25.9 Å². The molecule has 3 rings (SSSR count). The van der Waals surface area contributed by atoms with Crippen molar-refractivity contribution in [3.8, 4) is 0 Å². The van der Waals surface area contributed by atoms with Gasteiger partial charge in [-0.3, -0.25) is 4.90 Å². The molecule has 1 fully saturated rings. The fourth-order valence-electron chi connectivity index (χ4n) is 5.31. The molecule has 9 nitrogen and oxygen atoms in total. The Morgan fingerprint density at radius 2 is 1.79 bits per heavy atom. The zero-order valence-corrected chi connectivity index (χ0v) is 21.2. The Balaban J connectivity index is 2.14. The van der Waals surface area contributed by atoms with Crippen LogP contribution in [0.15, 0.2) is 17.9 Å². The van der Waals surface area contributed by atoms with Crippen molar-refractivity contribution >= 4 is 11.7 Å². The predicted molar refractivity (Wildman–Crippen MR) is 127 cm³/mol. The number of methoxy groups -OCH3 is 1. The molecule has 1 unspecified atom stereocenters. The van der Waals surface area contributed by atoms with Crippen molar-refractivity contribution in [2.75, 3.05) is 53.9 Å². The number of hydrogen-bond donors (Lipinski definition) is 1. The molecular formula is C25H38N2O7. The minimum Gasteiger partial charge on any atom is -0.434 e. The molecule has 1 spiro atoms. The van der Waals surface area contributed by atoms with Crippen LogP contribution in [0.1, 0.15) is 42.0 Å². The molecule has 1 saturated heterocycles. The first kappa shape index (κ1) is 26.6. The van der Waals surface area contributed by atoms with Crippen LogP contribution in [0.3, 0.4) is 0 Å². The standard InChI is InChI=1S/C25H38N2O7/c1-7-33-24(29)34-22-21(20-18(3)14-17(2)15-19(20)4)23(28)27(12-13-32-16-30-5)25(22)8-10-26(31-6)11-9-25/h14-15,23,28H,7-13,16H2,1-6H3. The molecule has 2 aliphatic rings. The number of aliphatic hydroxyl groups is 1. The molecule has 1 atom stereocenters. The van der Waals surface area contributed by atoms with Crippen molar-refractivity contribution < 1.29 is 33.7 Å². The highest BCUT2D eigenvalue weighted by Crippen LogP contribution is 2.50. The number of aliphatic hydroxyl groups excluding tert-OH is 1. The Morgan fingerprint density at radius 1 is 1.15 bits per heavy atom. The van der Waals surface area contributed by atoms with Gasteiger partial charge in [-0.2, -0.15) is 5.06 Å². The number of rotatable bonds is 9. The van der Waals surface area contributed by atoms with Gasteiger partial charge in [-0.05, 0) is 57.2 Å². The second kappa shape index (κ2) is 11.6. The zero-order chi connectivity index (χ0) is 24.9. The number of hydroxylamine groups is 2. The van der Waals surface area contributed by atoms with Crippen molar-refractivity contribution in [1.29, 1.82) is 0 Å². The molecule has 1 aromatic carbocycles. The van der Waals surface area contributed by atoms with E-state index in [4.69, 9.17) is 23.8 Å². The first-order chi connectivity index (χ1) is 16.3. The van der Waals surface area contributed by atoms with E-state index in [0.717, 1.165) is 22.3 Å². The van der Waals surface area contributed by atoms with E-state index in [9.17, 15) is 9.90 Å². The van der Waals surface area contributed by atoms with Crippen LogP contribution < -0.4 is 0 Å². The molecule has 0 radical (unpaired) electrons. The third-order valence-electron chi connectivity index (χ3n) is 6.65. The van der Waals surface area contributed by atoms with Crippen molar-refractivity contribution in [2.24, 2.45) is 0 Å². The second-order valence-corrected chi connectivity index (χ2v) is 8.83. The van der Waals surface area contributed by atoms with Gasteiger partial charge in [0.25, 0.3) is 0 Å². The molecule has 9 heteroatoms. The summed E-state index contributed by atoms with van der Waals surface area (Å²) in [4.78, 5) is 20.0. The van der Waals surface area contributed by atoms with E-state index >= 15 is 0 Å². The summed E-state index contributed by atoms with van der Waals surface area (Å²) >= 11 is 0. The molecule has 1 N–H and O–H groups in total. The van der Waals surface area contributed by atoms with Crippen LogP contribution in [0, 0.1) is 20.8 Å². The predicted octanol–water partition coefficient (Wildman–Crippen LogP) is 3.15. The zero-order valence-electron chi connectivity index (χ0n) is 21.2. The molecule has 0 aromatic heterocycles.